The molecule has 1 heterocycles. The van der Waals surface area contributed by atoms with Gasteiger partial charge in [0.2, 0.25) is 5.91 Å². The third-order valence-electron chi connectivity index (χ3n) is 5.30. The Bertz CT molecular complexity index is 1030. The van der Waals surface area contributed by atoms with E-state index in [2.05, 4.69) is 20.1 Å². The number of carbonyl (C=O) groups is 1. The lowest BCUT2D eigenvalue weighted by Crippen LogP contribution is -2.23. The summed E-state index contributed by atoms with van der Waals surface area (Å²) in [6.45, 7) is 1.91. The van der Waals surface area contributed by atoms with Gasteiger partial charge in [0.1, 0.15) is 17.3 Å². The Morgan fingerprint density at radius 3 is 2.40 bits per heavy atom. The number of para-hydroxylation sites is 1. The molecule has 6 nitrogen and oxygen atoms in total. The first kappa shape index (κ1) is 19.2. The van der Waals surface area contributed by atoms with Gasteiger partial charge < -0.3 is 14.6 Å². The van der Waals surface area contributed by atoms with Gasteiger partial charge in [-0.15, -0.1) is 10.2 Å². The van der Waals surface area contributed by atoms with Crippen LogP contribution in [0.15, 0.2) is 59.8 Å². The van der Waals surface area contributed by atoms with Crippen molar-refractivity contribution in [2.24, 2.45) is 0 Å². The van der Waals surface area contributed by atoms with Crippen LogP contribution in [-0.4, -0.2) is 25.9 Å². The van der Waals surface area contributed by atoms with Crippen molar-refractivity contribution >= 4 is 23.4 Å². The fourth-order valence-corrected chi connectivity index (χ4v) is 4.28. The summed E-state index contributed by atoms with van der Waals surface area (Å²) in [6.07, 6.45) is 4.78. The monoisotopic (exact) mass is 420 g/mol. The van der Waals surface area contributed by atoms with Crippen molar-refractivity contribution < 1.29 is 9.53 Å². The van der Waals surface area contributed by atoms with E-state index >= 15 is 0 Å². The molecule has 7 heteroatoms. The summed E-state index contributed by atoms with van der Waals surface area (Å²) >= 11 is 1.49. The van der Waals surface area contributed by atoms with Crippen molar-refractivity contribution in [3.05, 3.63) is 60.4 Å². The van der Waals surface area contributed by atoms with E-state index in [0.717, 1.165) is 28.2 Å². The van der Waals surface area contributed by atoms with Crippen LogP contribution in [-0.2, 0) is 4.79 Å². The Kier molecular flexibility index (Phi) is 5.21. The van der Waals surface area contributed by atoms with E-state index in [4.69, 9.17) is 4.74 Å². The maximum Gasteiger partial charge on any atom is 0.237 e. The Hall–Kier alpha value is -2.80. The zero-order valence-corrected chi connectivity index (χ0v) is 17.6. The van der Waals surface area contributed by atoms with Crippen molar-refractivity contribution in [1.29, 1.82) is 0 Å². The van der Waals surface area contributed by atoms with Crippen LogP contribution >= 0.6 is 11.8 Å². The summed E-state index contributed by atoms with van der Waals surface area (Å²) < 4.78 is 8.08. The number of thioether (sulfide) groups is 1. The molecule has 2 saturated carbocycles. The first-order valence-electron chi connectivity index (χ1n) is 10.4. The lowest BCUT2D eigenvalue weighted by atomic mass is 10.3. The van der Waals surface area contributed by atoms with Crippen LogP contribution in [0.4, 0.5) is 5.69 Å². The SMILES string of the molecule is C[C@H](Sc1nnc(C2CC2)n1C1CC1)C(=O)Nc1ccc(Oc2ccccc2)cc1. The number of nitrogens with zero attached hydrogens (tertiary/aromatic N) is 3. The first-order chi connectivity index (χ1) is 14.7. The van der Waals surface area contributed by atoms with Crippen LogP contribution in [0.1, 0.15) is 50.4 Å². The van der Waals surface area contributed by atoms with Gasteiger partial charge in [0.15, 0.2) is 5.16 Å². The molecule has 1 atom stereocenters. The Morgan fingerprint density at radius 2 is 1.73 bits per heavy atom. The molecule has 0 spiro atoms. The Labute approximate surface area is 180 Å². The van der Waals surface area contributed by atoms with E-state index in [1.54, 1.807) is 0 Å². The second-order valence-electron chi connectivity index (χ2n) is 7.91. The van der Waals surface area contributed by atoms with E-state index in [-0.39, 0.29) is 11.2 Å². The third-order valence-corrected chi connectivity index (χ3v) is 6.35. The van der Waals surface area contributed by atoms with E-state index in [1.165, 1.54) is 37.4 Å². The quantitative estimate of drug-likeness (QED) is 0.494. The molecule has 2 aromatic carbocycles. The summed E-state index contributed by atoms with van der Waals surface area (Å²) in [4.78, 5) is 12.7. The minimum Gasteiger partial charge on any atom is -0.457 e. The normalized spacial score (nSPS) is 16.8. The van der Waals surface area contributed by atoms with Gasteiger partial charge in [-0.2, -0.15) is 0 Å². The predicted octanol–water partition coefficient (Wildman–Crippen LogP) is 5.40. The topological polar surface area (TPSA) is 69.0 Å². The molecule has 0 radical (unpaired) electrons. The van der Waals surface area contributed by atoms with Crippen molar-refractivity contribution in [1.82, 2.24) is 14.8 Å². The lowest BCUT2D eigenvalue weighted by Gasteiger charge is -2.13. The summed E-state index contributed by atoms with van der Waals surface area (Å²) in [5, 5.41) is 12.4. The zero-order chi connectivity index (χ0) is 20.5. The molecule has 0 aliphatic heterocycles. The van der Waals surface area contributed by atoms with Gasteiger partial charge in [-0.1, -0.05) is 30.0 Å². The second-order valence-corrected chi connectivity index (χ2v) is 9.21. The van der Waals surface area contributed by atoms with Gasteiger partial charge in [-0.25, -0.2) is 0 Å². The number of benzene rings is 2. The fraction of sp³-hybridized carbons (Fsp3) is 0.348. The average molecular weight is 421 g/mol. The van der Waals surface area contributed by atoms with E-state index in [9.17, 15) is 4.79 Å². The largest absolute Gasteiger partial charge is 0.457 e. The molecule has 0 bridgehead atoms. The van der Waals surface area contributed by atoms with Gasteiger partial charge in [-0.05, 0) is 69.0 Å². The number of hydrogen-bond acceptors (Lipinski definition) is 5. The van der Waals surface area contributed by atoms with Crippen LogP contribution in [0.25, 0.3) is 0 Å². The number of amides is 1. The number of anilines is 1. The Balaban J connectivity index is 1.20. The van der Waals surface area contributed by atoms with Crippen molar-refractivity contribution in [2.75, 3.05) is 5.32 Å². The van der Waals surface area contributed by atoms with Crippen LogP contribution in [0.3, 0.4) is 0 Å². The third kappa shape index (κ3) is 4.36. The molecule has 3 aromatic rings. The molecule has 154 valence electrons. The first-order valence-corrected chi connectivity index (χ1v) is 11.3. The van der Waals surface area contributed by atoms with Crippen LogP contribution in [0, 0.1) is 0 Å². The van der Waals surface area contributed by atoms with E-state index in [1.807, 2.05) is 61.5 Å². The number of nitrogens with one attached hydrogen (secondary N) is 1. The highest BCUT2D eigenvalue weighted by molar-refractivity contribution is 8.00. The molecule has 5 rings (SSSR count). The zero-order valence-electron chi connectivity index (χ0n) is 16.8. The van der Waals surface area contributed by atoms with E-state index < -0.39 is 0 Å². The minimum absolute atomic E-state index is 0.0463. The molecule has 1 aromatic heterocycles. The number of ether oxygens (including phenoxy) is 1. The standard InChI is InChI=1S/C23H24N4O2S/c1-15(30-23-26-25-21(16-7-8-16)27(23)18-11-12-18)22(28)24-17-9-13-20(14-10-17)29-19-5-3-2-4-6-19/h2-6,9-10,13-16,18H,7-8,11-12H2,1H3,(H,24,28)/t15-/m0/s1. The van der Waals surface area contributed by atoms with Gasteiger partial charge in [0.25, 0.3) is 0 Å². The summed E-state index contributed by atoms with van der Waals surface area (Å²) in [5.74, 6) is 3.14. The highest BCUT2D eigenvalue weighted by Gasteiger charge is 2.37. The van der Waals surface area contributed by atoms with Crippen LogP contribution in [0.5, 0.6) is 11.5 Å². The summed E-state index contributed by atoms with van der Waals surface area (Å²) in [7, 11) is 0. The molecule has 0 saturated heterocycles. The van der Waals surface area contributed by atoms with Gasteiger partial charge in [0.05, 0.1) is 5.25 Å². The molecular weight excluding hydrogens is 396 g/mol. The molecule has 2 aliphatic carbocycles. The Morgan fingerprint density at radius 1 is 1.03 bits per heavy atom. The molecule has 1 amide bonds. The predicted molar refractivity (Wildman–Crippen MR) is 117 cm³/mol. The van der Waals surface area contributed by atoms with Crippen molar-refractivity contribution in [2.45, 2.75) is 55.0 Å². The molecule has 2 fully saturated rings. The summed E-state index contributed by atoms with van der Waals surface area (Å²) in [6, 6.07) is 17.6. The van der Waals surface area contributed by atoms with Gasteiger partial charge >= 0.3 is 0 Å². The summed E-state index contributed by atoms with van der Waals surface area (Å²) in [5.41, 5.74) is 0.746. The molecule has 2 aliphatic rings. The maximum atomic E-state index is 12.7. The number of carbonyl (C=O) groups excluding carboxylic acids is 1. The molecule has 0 unspecified atom stereocenters. The molecular formula is C23H24N4O2S. The maximum absolute atomic E-state index is 12.7. The van der Waals surface area contributed by atoms with Crippen molar-refractivity contribution in [3.8, 4) is 11.5 Å². The highest BCUT2D eigenvalue weighted by atomic mass is 32.2. The smallest absolute Gasteiger partial charge is 0.237 e. The average Bonchev–Trinajstić information content (AvgIpc) is 3.69. The van der Waals surface area contributed by atoms with Crippen molar-refractivity contribution in [3.63, 3.8) is 0 Å². The van der Waals surface area contributed by atoms with Crippen LogP contribution in [0.2, 0.25) is 0 Å². The lowest BCUT2D eigenvalue weighted by molar-refractivity contribution is -0.115. The number of rotatable bonds is 8. The molecule has 1 N–H and O–H groups in total. The van der Waals surface area contributed by atoms with Gasteiger partial charge in [-0.3, -0.25) is 4.79 Å². The number of hydrogen-bond donors (Lipinski definition) is 1. The second kappa shape index (κ2) is 8.14. The van der Waals surface area contributed by atoms with Crippen LogP contribution < -0.4 is 10.1 Å². The van der Waals surface area contributed by atoms with E-state index in [0.29, 0.717) is 12.0 Å². The highest BCUT2D eigenvalue weighted by Crippen LogP contribution is 2.46. The fourth-order valence-electron chi connectivity index (χ4n) is 3.35. The molecule has 30 heavy (non-hydrogen) atoms. The minimum atomic E-state index is -0.265. The van der Waals surface area contributed by atoms with Gasteiger partial charge in [0, 0.05) is 17.6 Å². The number of aromatic nitrogens is 3.